The molecule has 1 aliphatic carbocycles. The number of likely N-dealkylation sites (N-methyl/N-ethyl adjacent to an activating group) is 1. The third-order valence-electron chi connectivity index (χ3n) is 6.94. The number of nitrogens with one attached hydrogen (secondary N) is 1. The lowest BCUT2D eigenvalue weighted by Gasteiger charge is -2.32. The maximum Gasteiger partial charge on any atom is 0.253 e. The zero-order chi connectivity index (χ0) is 26.4. The average Bonchev–Trinajstić information content (AvgIpc) is 3.50. The van der Waals surface area contributed by atoms with E-state index in [1.54, 1.807) is 6.20 Å². The van der Waals surface area contributed by atoms with E-state index in [-0.39, 0.29) is 11.8 Å². The first-order valence-corrected chi connectivity index (χ1v) is 14.1. The third kappa shape index (κ3) is 4.55. The molecule has 1 aromatic carbocycles. The molecule has 2 amide bonds. The van der Waals surface area contributed by atoms with Crippen LogP contribution in [0.25, 0.3) is 27.5 Å². The zero-order valence-electron chi connectivity index (χ0n) is 21.1. The Morgan fingerprint density at radius 1 is 1.11 bits per heavy atom. The maximum atomic E-state index is 13.2. The van der Waals surface area contributed by atoms with E-state index in [9.17, 15) is 9.59 Å². The molecule has 0 spiro atoms. The van der Waals surface area contributed by atoms with E-state index in [1.165, 1.54) is 18.3 Å². The van der Waals surface area contributed by atoms with Crippen molar-refractivity contribution in [2.24, 2.45) is 0 Å². The van der Waals surface area contributed by atoms with Crippen LogP contribution in [0, 0.1) is 0 Å². The number of thiazole rings is 1. The van der Waals surface area contributed by atoms with Gasteiger partial charge in [0.1, 0.15) is 0 Å². The molecular formula is C27H26BrN7O2S. The van der Waals surface area contributed by atoms with Crippen LogP contribution in [0.5, 0.6) is 0 Å². The van der Waals surface area contributed by atoms with Crippen molar-refractivity contribution >= 4 is 44.2 Å². The van der Waals surface area contributed by atoms with Gasteiger partial charge in [-0.25, -0.2) is 9.67 Å². The largest absolute Gasteiger partial charge is 0.336 e. The molecule has 0 atom stereocenters. The van der Waals surface area contributed by atoms with E-state index in [4.69, 9.17) is 10.1 Å². The number of benzene rings is 1. The SMILES string of the molecule is CC(=O)Nc1nc2c(s1)-c1c(c(-c3cccnc3)nn1-c1ccc(C(=O)N3CCN(C)CC3)cc1Br)CC2. The Balaban J connectivity index is 1.44. The fraction of sp³-hybridized carbons (Fsp3) is 0.296. The molecule has 4 aromatic rings. The molecule has 0 bridgehead atoms. The number of halogens is 1. The Kier molecular flexibility index (Phi) is 6.58. The number of amides is 2. The van der Waals surface area contributed by atoms with Crippen LogP contribution < -0.4 is 5.32 Å². The van der Waals surface area contributed by atoms with E-state index in [2.05, 4.69) is 38.2 Å². The molecular weight excluding hydrogens is 566 g/mol. The van der Waals surface area contributed by atoms with E-state index in [0.29, 0.717) is 10.7 Å². The molecule has 6 rings (SSSR count). The summed E-state index contributed by atoms with van der Waals surface area (Å²) in [6.07, 6.45) is 5.11. The van der Waals surface area contributed by atoms with Crippen molar-refractivity contribution in [2.45, 2.75) is 19.8 Å². The lowest BCUT2D eigenvalue weighted by molar-refractivity contribution is -0.114. The highest BCUT2D eigenvalue weighted by atomic mass is 79.9. The highest BCUT2D eigenvalue weighted by Crippen LogP contribution is 2.44. The number of pyridine rings is 1. The van der Waals surface area contributed by atoms with Gasteiger partial charge in [0.2, 0.25) is 5.91 Å². The van der Waals surface area contributed by atoms with Gasteiger partial charge in [-0.05, 0) is 66.2 Å². The molecule has 3 aromatic heterocycles. The third-order valence-corrected chi connectivity index (χ3v) is 8.59. The number of carbonyl (C=O) groups is 2. The molecule has 2 aliphatic rings. The Bertz CT molecular complexity index is 1540. The van der Waals surface area contributed by atoms with Gasteiger partial charge >= 0.3 is 0 Å². The van der Waals surface area contributed by atoms with Crippen LogP contribution in [-0.2, 0) is 17.6 Å². The second-order valence-corrected chi connectivity index (χ2v) is 11.4. The van der Waals surface area contributed by atoms with Crippen molar-refractivity contribution in [1.29, 1.82) is 0 Å². The molecule has 1 saturated heterocycles. The first-order valence-electron chi connectivity index (χ1n) is 12.5. The summed E-state index contributed by atoms with van der Waals surface area (Å²) in [6, 6.07) is 9.62. The van der Waals surface area contributed by atoms with Gasteiger partial charge in [0.15, 0.2) is 5.13 Å². The Hall–Kier alpha value is -3.41. The van der Waals surface area contributed by atoms with E-state index in [1.807, 2.05) is 46.1 Å². The molecule has 1 N–H and O–H groups in total. The molecule has 1 fully saturated rings. The number of anilines is 1. The first kappa shape index (κ1) is 24.9. The van der Waals surface area contributed by atoms with Crippen LogP contribution >= 0.6 is 27.3 Å². The Morgan fingerprint density at radius 3 is 2.63 bits per heavy atom. The summed E-state index contributed by atoms with van der Waals surface area (Å²) in [5.41, 5.74) is 6.31. The van der Waals surface area contributed by atoms with Gasteiger partial charge in [0.25, 0.3) is 5.91 Å². The molecule has 0 saturated carbocycles. The summed E-state index contributed by atoms with van der Waals surface area (Å²) in [4.78, 5) is 39.0. The summed E-state index contributed by atoms with van der Waals surface area (Å²) >= 11 is 5.19. The van der Waals surface area contributed by atoms with Crippen molar-refractivity contribution in [3.8, 4) is 27.5 Å². The lowest BCUT2D eigenvalue weighted by atomic mass is 9.95. The number of rotatable bonds is 4. The predicted octanol–water partition coefficient (Wildman–Crippen LogP) is 4.26. The molecule has 194 valence electrons. The lowest BCUT2D eigenvalue weighted by Crippen LogP contribution is -2.47. The predicted molar refractivity (Wildman–Crippen MR) is 151 cm³/mol. The monoisotopic (exact) mass is 591 g/mol. The van der Waals surface area contributed by atoms with Crippen molar-refractivity contribution in [3.63, 3.8) is 0 Å². The fourth-order valence-corrected chi connectivity index (χ4v) is 6.65. The topological polar surface area (TPSA) is 96.2 Å². The van der Waals surface area contributed by atoms with Gasteiger partial charge < -0.3 is 15.1 Å². The van der Waals surface area contributed by atoms with Crippen molar-refractivity contribution in [2.75, 3.05) is 38.5 Å². The van der Waals surface area contributed by atoms with Crippen molar-refractivity contribution in [3.05, 3.63) is 64.0 Å². The van der Waals surface area contributed by atoms with Crippen LogP contribution in [0.1, 0.15) is 28.5 Å². The van der Waals surface area contributed by atoms with E-state index >= 15 is 0 Å². The minimum Gasteiger partial charge on any atom is -0.336 e. The smallest absolute Gasteiger partial charge is 0.253 e. The van der Waals surface area contributed by atoms with Crippen LogP contribution in [-0.4, -0.2) is 74.6 Å². The van der Waals surface area contributed by atoms with Gasteiger partial charge in [0.05, 0.1) is 27.6 Å². The number of aryl methyl sites for hydroxylation is 1. The van der Waals surface area contributed by atoms with E-state index in [0.717, 1.165) is 82.3 Å². The second-order valence-electron chi connectivity index (χ2n) is 9.57. The molecule has 0 unspecified atom stereocenters. The number of nitrogens with zero attached hydrogens (tertiary/aromatic N) is 6. The molecule has 11 heteroatoms. The van der Waals surface area contributed by atoms with Gasteiger partial charge in [-0.2, -0.15) is 5.10 Å². The van der Waals surface area contributed by atoms with Crippen molar-refractivity contribution < 1.29 is 9.59 Å². The molecule has 1 aliphatic heterocycles. The highest BCUT2D eigenvalue weighted by Gasteiger charge is 2.31. The minimum atomic E-state index is -0.149. The maximum absolute atomic E-state index is 13.2. The Morgan fingerprint density at radius 2 is 1.92 bits per heavy atom. The highest BCUT2D eigenvalue weighted by molar-refractivity contribution is 9.10. The summed E-state index contributed by atoms with van der Waals surface area (Å²) in [7, 11) is 2.07. The number of hydrogen-bond acceptors (Lipinski definition) is 7. The first-order chi connectivity index (χ1) is 18.4. The number of aromatic nitrogens is 4. The standard InChI is InChI=1S/C27H26BrN7O2S/c1-16(36)30-27-31-21-7-6-19-23(18-4-3-9-29-15-18)32-35(24(19)25(21)38-27)22-8-5-17(14-20(22)28)26(37)34-12-10-33(2)11-13-34/h3-5,8-9,14-15H,6-7,10-13H2,1-2H3,(H,30,31,36). The average molecular weight is 593 g/mol. The van der Waals surface area contributed by atoms with Crippen LogP contribution in [0.3, 0.4) is 0 Å². The fourth-order valence-electron chi connectivity index (χ4n) is 4.99. The van der Waals surface area contributed by atoms with Crippen LogP contribution in [0.15, 0.2) is 47.2 Å². The Labute approximate surface area is 232 Å². The number of hydrogen-bond donors (Lipinski definition) is 1. The van der Waals surface area contributed by atoms with Crippen LogP contribution in [0.4, 0.5) is 5.13 Å². The summed E-state index contributed by atoms with van der Waals surface area (Å²) < 4.78 is 2.71. The summed E-state index contributed by atoms with van der Waals surface area (Å²) in [5.74, 6) is -0.113. The van der Waals surface area contributed by atoms with Crippen LogP contribution in [0.2, 0.25) is 0 Å². The summed E-state index contributed by atoms with van der Waals surface area (Å²) in [5, 5.41) is 8.48. The molecule has 9 nitrogen and oxygen atoms in total. The number of carbonyl (C=O) groups excluding carboxylic acids is 2. The number of fused-ring (bicyclic) bond motifs is 3. The summed E-state index contributed by atoms with van der Waals surface area (Å²) in [6.45, 7) is 4.68. The second kappa shape index (κ2) is 10.0. The molecule has 0 radical (unpaired) electrons. The molecule has 38 heavy (non-hydrogen) atoms. The minimum absolute atomic E-state index is 0.0357. The van der Waals surface area contributed by atoms with E-state index < -0.39 is 0 Å². The van der Waals surface area contributed by atoms with Gasteiger partial charge in [-0.1, -0.05) is 11.3 Å². The molecule has 4 heterocycles. The zero-order valence-corrected chi connectivity index (χ0v) is 23.5. The van der Waals surface area contributed by atoms with Gasteiger partial charge in [-0.3, -0.25) is 14.6 Å². The van der Waals surface area contributed by atoms with Gasteiger partial charge in [-0.15, -0.1) is 0 Å². The van der Waals surface area contributed by atoms with Gasteiger partial charge in [0, 0.05) is 66.7 Å². The van der Waals surface area contributed by atoms with Crippen molar-refractivity contribution in [1.82, 2.24) is 29.5 Å². The number of piperazine rings is 1. The quantitative estimate of drug-likeness (QED) is 0.381. The normalized spacial score (nSPS) is 15.2.